The summed E-state index contributed by atoms with van der Waals surface area (Å²) in [7, 11) is 0. The van der Waals surface area contributed by atoms with Crippen molar-refractivity contribution in [1.29, 1.82) is 0 Å². The van der Waals surface area contributed by atoms with Gasteiger partial charge in [-0.3, -0.25) is 5.01 Å². The molecule has 0 bridgehead atoms. The molecule has 98 valence electrons. The Morgan fingerprint density at radius 3 is 2.06 bits per heavy atom. The highest BCUT2D eigenvalue weighted by atomic mass is 15.6. The smallest absolute Gasteiger partial charge is 0.0874 e. The summed E-state index contributed by atoms with van der Waals surface area (Å²) in [5.74, 6) is 0. The minimum absolute atomic E-state index is 0.0834. The highest BCUT2D eigenvalue weighted by molar-refractivity contribution is 5.34. The number of benzene rings is 1. The van der Waals surface area contributed by atoms with Gasteiger partial charge in [-0.2, -0.15) is 0 Å². The topological polar surface area (TPSA) is 28.0 Å². The minimum Gasteiger partial charge on any atom is -0.267 e. The summed E-state index contributed by atoms with van der Waals surface area (Å²) < 4.78 is 0. The summed E-state index contributed by atoms with van der Waals surface area (Å²) in [4.78, 5) is 0. The van der Waals surface area contributed by atoms with E-state index in [1.54, 1.807) is 0 Å². The highest BCUT2D eigenvalue weighted by Crippen LogP contribution is 2.38. The molecule has 0 aromatic heterocycles. The average molecular weight is 245 g/mol. The monoisotopic (exact) mass is 245 g/mol. The lowest BCUT2D eigenvalue weighted by molar-refractivity contribution is -0.0318. The molecule has 1 aromatic carbocycles. The van der Waals surface area contributed by atoms with Gasteiger partial charge >= 0.3 is 0 Å². The van der Waals surface area contributed by atoms with Crippen molar-refractivity contribution in [3.8, 4) is 0 Å². The molecule has 1 aliphatic heterocycles. The predicted molar refractivity (Wildman–Crippen MR) is 74.8 cm³/mol. The van der Waals surface area contributed by atoms with Crippen molar-refractivity contribution in [3.05, 3.63) is 30.3 Å². The minimum atomic E-state index is 0.0834. The van der Waals surface area contributed by atoms with E-state index in [-0.39, 0.29) is 11.1 Å². The van der Waals surface area contributed by atoms with Gasteiger partial charge in [0.05, 0.1) is 16.8 Å². The molecule has 1 aliphatic rings. The maximum Gasteiger partial charge on any atom is 0.0874 e. The van der Waals surface area contributed by atoms with Gasteiger partial charge in [-0.15, -0.1) is 5.11 Å². The summed E-state index contributed by atoms with van der Waals surface area (Å²) >= 11 is 0. The van der Waals surface area contributed by atoms with Gasteiger partial charge < -0.3 is 0 Å². The summed E-state index contributed by atoms with van der Waals surface area (Å²) in [5, 5.41) is 11.1. The molecule has 0 atom stereocenters. The maximum absolute atomic E-state index is 4.52. The first-order valence-corrected chi connectivity index (χ1v) is 6.69. The second-order valence-corrected chi connectivity index (χ2v) is 6.32. The third-order valence-electron chi connectivity index (χ3n) is 3.73. The molecule has 3 nitrogen and oxygen atoms in total. The van der Waals surface area contributed by atoms with Crippen LogP contribution < -0.4 is 0 Å². The Morgan fingerprint density at radius 1 is 0.944 bits per heavy atom. The van der Waals surface area contributed by atoms with Crippen LogP contribution in [0, 0.1) is 0 Å². The number of piperidine rings is 1. The van der Waals surface area contributed by atoms with E-state index in [1.165, 1.54) is 19.3 Å². The maximum atomic E-state index is 4.52. The molecule has 18 heavy (non-hydrogen) atoms. The number of hydrogen-bond acceptors (Lipinski definition) is 2. The molecule has 1 fully saturated rings. The first-order valence-electron chi connectivity index (χ1n) is 6.69. The lowest BCUT2D eigenvalue weighted by Crippen LogP contribution is -2.55. The molecule has 3 heteroatoms. The van der Waals surface area contributed by atoms with Crippen LogP contribution in [-0.2, 0) is 0 Å². The van der Waals surface area contributed by atoms with Crippen LogP contribution in [0.2, 0.25) is 0 Å². The molecule has 2 rings (SSSR count). The summed E-state index contributed by atoms with van der Waals surface area (Å²) in [6.45, 7) is 8.99. The van der Waals surface area contributed by atoms with Crippen molar-refractivity contribution in [2.75, 3.05) is 0 Å². The van der Waals surface area contributed by atoms with Crippen molar-refractivity contribution in [3.63, 3.8) is 0 Å². The fraction of sp³-hybridized carbons (Fsp3) is 0.600. The standard InChI is InChI=1S/C15H23N3/c1-14(2)11-8-12-15(3,4)18(14)17-16-13-9-6-5-7-10-13/h5-7,9-10H,8,11-12H2,1-4H3/b17-16+. The zero-order valence-electron chi connectivity index (χ0n) is 11.8. The van der Waals surface area contributed by atoms with Gasteiger partial charge in [-0.25, -0.2) is 0 Å². The van der Waals surface area contributed by atoms with E-state index < -0.39 is 0 Å². The molecule has 0 N–H and O–H groups in total. The highest BCUT2D eigenvalue weighted by Gasteiger charge is 2.41. The van der Waals surface area contributed by atoms with Crippen molar-refractivity contribution in [2.45, 2.75) is 58.0 Å². The first kappa shape index (κ1) is 13.1. The summed E-state index contributed by atoms with van der Waals surface area (Å²) in [5.41, 5.74) is 1.08. The zero-order chi connectivity index (χ0) is 13.2. The molecule has 0 spiro atoms. The largest absolute Gasteiger partial charge is 0.267 e. The predicted octanol–water partition coefficient (Wildman–Crippen LogP) is 4.73. The van der Waals surface area contributed by atoms with Crippen molar-refractivity contribution < 1.29 is 0 Å². The second-order valence-electron chi connectivity index (χ2n) is 6.32. The van der Waals surface area contributed by atoms with Gasteiger partial charge in [0.2, 0.25) is 0 Å². The van der Waals surface area contributed by atoms with Crippen LogP contribution in [0.5, 0.6) is 0 Å². The normalized spacial score (nSPS) is 22.3. The van der Waals surface area contributed by atoms with E-state index in [2.05, 4.69) is 43.0 Å². The van der Waals surface area contributed by atoms with Gasteiger partial charge in [0.25, 0.3) is 0 Å². The summed E-state index contributed by atoms with van der Waals surface area (Å²) in [6.07, 6.45) is 3.60. The third kappa shape index (κ3) is 2.71. The SMILES string of the molecule is CC1(C)CCCC(C)(C)N1/N=N/c1ccccc1. The Labute approximate surface area is 110 Å². The Bertz CT molecular complexity index is 405. The first-order chi connectivity index (χ1) is 8.42. The van der Waals surface area contributed by atoms with Crippen LogP contribution in [0.25, 0.3) is 0 Å². The van der Waals surface area contributed by atoms with Crippen LogP contribution in [0.1, 0.15) is 47.0 Å². The number of hydrogen-bond donors (Lipinski definition) is 0. The van der Waals surface area contributed by atoms with Crippen LogP contribution in [0.4, 0.5) is 5.69 Å². The Kier molecular flexibility index (Phi) is 3.42. The van der Waals surface area contributed by atoms with Gasteiger partial charge in [-0.1, -0.05) is 23.4 Å². The molecule has 0 radical (unpaired) electrons. The van der Waals surface area contributed by atoms with E-state index in [0.29, 0.717) is 0 Å². The molecule has 1 saturated heterocycles. The van der Waals surface area contributed by atoms with Crippen LogP contribution in [0.3, 0.4) is 0 Å². The van der Waals surface area contributed by atoms with Crippen molar-refractivity contribution in [1.82, 2.24) is 5.01 Å². The van der Waals surface area contributed by atoms with Gasteiger partial charge in [-0.05, 0) is 59.1 Å². The molecular weight excluding hydrogens is 222 g/mol. The molecule has 0 aliphatic carbocycles. The molecule has 0 amide bonds. The molecular formula is C15H23N3. The zero-order valence-corrected chi connectivity index (χ0v) is 11.8. The molecule has 0 unspecified atom stereocenters. The number of rotatable bonds is 2. The second kappa shape index (κ2) is 4.71. The van der Waals surface area contributed by atoms with E-state index in [1.807, 2.05) is 30.3 Å². The van der Waals surface area contributed by atoms with E-state index in [9.17, 15) is 0 Å². The third-order valence-corrected chi connectivity index (χ3v) is 3.73. The van der Waals surface area contributed by atoms with Gasteiger partial charge in [0.1, 0.15) is 0 Å². The molecule has 1 heterocycles. The fourth-order valence-corrected chi connectivity index (χ4v) is 2.82. The lowest BCUT2D eigenvalue weighted by atomic mass is 9.82. The molecule has 0 saturated carbocycles. The van der Waals surface area contributed by atoms with Crippen LogP contribution >= 0.6 is 0 Å². The van der Waals surface area contributed by atoms with Crippen molar-refractivity contribution in [2.24, 2.45) is 10.3 Å². The average Bonchev–Trinajstić information content (AvgIpc) is 2.28. The van der Waals surface area contributed by atoms with E-state index in [0.717, 1.165) is 5.69 Å². The Balaban J connectivity index is 2.22. The molecule has 1 aromatic rings. The fourth-order valence-electron chi connectivity index (χ4n) is 2.82. The van der Waals surface area contributed by atoms with Gasteiger partial charge in [0.15, 0.2) is 0 Å². The van der Waals surface area contributed by atoms with Crippen LogP contribution in [-0.4, -0.2) is 16.1 Å². The van der Waals surface area contributed by atoms with Crippen molar-refractivity contribution >= 4 is 5.69 Å². The van der Waals surface area contributed by atoms with Crippen LogP contribution in [0.15, 0.2) is 40.7 Å². The Morgan fingerprint density at radius 2 is 1.50 bits per heavy atom. The van der Waals surface area contributed by atoms with E-state index in [4.69, 9.17) is 0 Å². The Hall–Kier alpha value is -1.38. The summed E-state index contributed by atoms with van der Waals surface area (Å²) in [6, 6.07) is 9.93. The quantitative estimate of drug-likeness (QED) is 0.692. The number of nitrogens with zero attached hydrogens (tertiary/aromatic N) is 3. The van der Waals surface area contributed by atoms with E-state index >= 15 is 0 Å². The van der Waals surface area contributed by atoms with Gasteiger partial charge in [0, 0.05) is 0 Å². The lowest BCUT2D eigenvalue weighted by Gasteiger charge is -2.50.